The van der Waals surface area contributed by atoms with Crippen LogP contribution in [0.15, 0.2) is 12.7 Å². The molecule has 13 atom stereocenters. The fourth-order valence-corrected chi connectivity index (χ4v) is 6.46. The van der Waals surface area contributed by atoms with Gasteiger partial charge in [0.25, 0.3) is 0 Å². The van der Waals surface area contributed by atoms with Crippen LogP contribution in [0.4, 0.5) is 0 Å². The second-order valence-corrected chi connectivity index (χ2v) is 13.4. The number of carbonyl (C=O) groups is 3. The molecule has 0 saturated carbocycles. The molecule has 0 aromatic heterocycles. The Hall–Kier alpha value is -1.93. The van der Waals surface area contributed by atoms with E-state index in [1.807, 2.05) is 25.9 Å². The van der Waals surface area contributed by atoms with E-state index in [1.165, 1.54) is 19.9 Å². The first-order chi connectivity index (χ1) is 20.3. The van der Waals surface area contributed by atoms with Crippen LogP contribution in [0, 0.1) is 17.8 Å². The summed E-state index contributed by atoms with van der Waals surface area (Å²) in [6.45, 7) is 16.7. The van der Waals surface area contributed by atoms with E-state index in [2.05, 4.69) is 11.9 Å². The molecule has 2 aliphatic heterocycles. The Kier molecular flexibility index (Phi) is 13.5. The van der Waals surface area contributed by atoms with Gasteiger partial charge in [-0.25, -0.2) is 0 Å². The van der Waals surface area contributed by atoms with E-state index < -0.39 is 83.4 Å². The summed E-state index contributed by atoms with van der Waals surface area (Å²) in [6, 6.07) is -1.21. The third-order valence-electron chi connectivity index (χ3n) is 9.26. The molecule has 0 aromatic carbocycles. The summed E-state index contributed by atoms with van der Waals surface area (Å²) in [5.41, 5.74) is -3.25. The minimum atomic E-state index is -1.93. The Morgan fingerprint density at radius 2 is 1.73 bits per heavy atom. The van der Waals surface area contributed by atoms with Crippen molar-refractivity contribution in [2.45, 2.75) is 135 Å². The van der Waals surface area contributed by atoms with Crippen molar-refractivity contribution < 1.29 is 48.7 Å². The second-order valence-electron chi connectivity index (χ2n) is 13.4. The number of Topliss-reactive ketones (excluding diaryl/α,β-unsaturated/α-hetero) is 1. The number of esters is 1. The summed E-state index contributed by atoms with van der Waals surface area (Å²) in [5, 5.41) is 36.4. The predicted octanol–water partition coefficient (Wildman–Crippen LogP) is 1.58. The molecular formula is C32H56N2O10. The number of hydrogen-bond donors (Lipinski definition) is 4. The van der Waals surface area contributed by atoms with Crippen LogP contribution in [0.5, 0.6) is 0 Å². The average molecular weight is 629 g/mol. The fourth-order valence-electron chi connectivity index (χ4n) is 6.46. The number of nitrogens with zero attached hydrogens (tertiary/aromatic N) is 1. The van der Waals surface area contributed by atoms with Crippen molar-refractivity contribution >= 4 is 17.7 Å². The lowest BCUT2D eigenvalue weighted by Crippen LogP contribution is -2.60. The molecule has 0 radical (unpaired) electrons. The highest BCUT2D eigenvalue weighted by Gasteiger charge is 2.51. The molecule has 2 rings (SSSR count). The van der Waals surface area contributed by atoms with Crippen LogP contribution in [0.25, 0.3) is 0 Å². The first kappa shape index (κ1) is 38.3. The number of aliphatic hydroxyl groups is 3. The number of rotatable bonds is 7. The van der Waals surface area contributed by atoms with Gasteiger partial charge < -0.3 is 44.5 Å². The van der Waals surface area contributed by atoms with Gasteiger partial charge in [-0.3, -0.25) is 14.4 Å². The zero-order chi connectivity index (χ0) is 33.7. The van der Waals surface area contributed by atoms with Crippen LogP contribution in [-0.4, -0.2) is 119 Å². The largest absolute Gasteiger partial charge is 0.459 e. The molecule has 0 bridgehead atoms. The monoisotopic (exact) mass is 628 g/mol. The number of likely N-dealkylation sites (N-methyl/N-ethyl adjacent to an activating group) is 1. The van der Waals surface area contributed by atoms with Gasteiger partial charge in [0.05, 0.1) is 30.5 Å². The van der Waals surface area contributed by atoms with Gasteiger partial charge in [0.2, 0.25) is 5.91 Å². The minimum absolute atomic E-state index is 0.0556. The Morgan fingerprint density at radius 1 is 1.11 bits per heavy atom. The van der Waals surface area contributed by atoms with Gasteiger partial charge >= 0.3 is 5.97 Å². The van der Waals surface area contributed by atoms with E-state index in [0.717, 1.165) is 0 Å². The maximum absolute atomic E-state index is 14.0. The molecule has 12 nitrogen and oxygen atoms in total. The van der Waals surface area contributed by atoms with Crippen molar-refractivity contribution in [3.63, 3.8) is 0 Å². The summed E-state index contributed by atoms with van der Waals surface area (Å²) in [7, 11) is 3.70. The summed E-state index contributed by atoms with van der Waals surface area (Å²) < 4.78 is 24.5. The lowest BCUT2D eigenvalue weighted by Gasteiger charge is -2.47. The first-order valence-corrected chi connectivity index (χ1v) is 15.7. The summed E-state index contributed by atoms with van der Waals surface area (Å²) in [6.07, 6.45) is -3.93. The van der Waals surface area contributed by atoms with Gasteiger partial charge in [-0.1, -0.05) is 26.8 Å². The van der Waals surface area contributed by atoms with Gasteiger partial charge in [-0.05, 0) is 68.0 Å². The molecule has 2 saturated heterocycles. The Morgan fingerprint density at radius 3 is 2.27 bits per heavy atom. The highest BCUT2D eigenvalue weighted by Crippen LogP contribution is 2.37. The van der Waals surface area contributed by atoms with Gasteiger partial charge in [0.15, 0.2) is 12.1 Å². The molecule has 254 valence electrons. The highest BCUT2D eigenvalue weighted by molar-refractivity contribution is 6.00. The third-order valence-corrected chi connectivity index (χ3v) is 9.26. The average Bonchev–Trinajstić information content (AvgIpc) is 2.96. The molecule has 4 N–H and O–H groups in total. The minimum Gasteiger partial charge on any atom is -0.459 e. The lowest BCUT2D eigenvalue weighted by atomic mass is 9.78. The lowest BCUT2D eigenvalue weighted by molar-refractivity contribution is -0.296. The maximum atomic E-state index is 14.0. The van der Waals surface area contributed by atoms with Crippen molar-refractivity contribution in [2.75, 3.05) is 20.7 Å². The van der Waals surface area contributed by atoms with Crippen molar-refractivity contribution in [2.24, 2.45) is 17.8 Å². The second kappa shape index (κ2) is 15.6. The Balaban J connectivity index is 2.67. The molecule has 44 heavy (non-hydrogen) atoms. The Labute approximate surface area is 262 Å². The molecular weight excluding hydrogens is 572 g/mol. The van der Waals surface area contributed by atoms with Crippen molar-refractivity contribution in [3.8, 4) is 0 Å². The van der Waals surface area contributed by atoms with E-state index in [1.54, 1.807) is 34.6 Å². The fraction of sp³-hybridized carbons (Fsp3) is 0.844. The van der Waals surface area contributed by atoms with Crippen LogP contribution >= 0.6 is 0 Å². The van der Waals surface area contributed by atoms with E-state index in [0.29, 0.717) is 6.42 Å². The summed E-state index contributed by atoms with van der Waals surface area (Å²) in [5.74, 6) is -4.81. The number of hydrogen-bond acceptors (Lipinski definition) is 11. The smallest absolute Gasteiger partial charge is 0.316 e. The molecule has 2 heterocycles. The highest BCUT2D eigenvalue weighted by atomic mass is 16.7. The topological polar surface area (TPSA) is 164 Å². The molecule has 12 heteroatoms. The standard InChI is InChI=1S/C32H56N2O10/c1-12-14-41-31(8)16-17(3)28(38)33-21(7)26(37)32(9,40)23(13-2)43-29(39)20(6)24(35)19(5)27(31)44-30-25(36)22(34(10)11)15-18(4)42-30/h12,17-23,25-27,30,36-37,40H,1,13-16H2,2-11H3,(H,33,38)/t17-,18-,19+,20-,21-,22+,23-,25-,26-,27-,30+,31-,32-/m1/s1. The van der Waals surface area contributed by atoms with Crippen LogP contribution in [-0.2, 0) is 33.3 Å². The van der Waals surface area contributed by atoms with Crippen LogP contribution in [0.2, 0.25) is 0 Å². The van der Waals surface area contributed by atoms with Gasteiger partial charge in [-0.2, -0.15) is 0 Å². The molecule has 2 fully saturated rings. The zero-order valence-electron chi connectivity index (χ0n) is 28.1. The number of amides is 1. The normalized spacial score (nSPS) is 43.5. The third kappa shape index (κ3) is 8.65. The quantitative estimate of drug-likeness (QED) is 0.184. The zero-order valence-corrected chi connectivity index (χ0v) is 28.1. The first-order valence-electron chi connectivity index (χ1n) is 15.7. The van der Waals surface area contributed by atoms with Gasteiger partial charge in [-0.15, -0.1) is 6.58 Å². The van der Waals surface area contributed by atoms with Crippen molar-refractivity contribution in [1.29, 1.82) is 0 Å². The Bertz CT molecular complexity index is 1010. The SMILES string of the molecule is C=CCO[C@]1(C)C[C@@H](C)C(=O)N[C@H](C)[C@@H](O)[C@](C)(O)[C@@H](CC)OC(=O)[C@H](C)C(=O)[C@H](C)[C@H]1O[C@@H]1O[C@H](C)C[C@H](N(C)C)[C@H]1O. The van der Waals surface area contributed by atoms with Gasteiger partial charge in [0.1, 0.15) is 29.8 Å². The predicted molar refractivity (Wildman–Crippen MR) is 163 cm³/mol. The maximum Gasteiger partial charge on any atom is 0.316 e. The number of cyclic esters (lactones) is 1. The summed E-state index contributed by atoms with van der Waals surface area (Å²) >= 11 is 0. The molecule has 0 aromatic rings. The molecule has 0 spiro atoms. The number of ketones is 1. The van der Waals surface area contributed by atoms with E-state index in [-0.39, 0.29) is 31.6 Å². The van der Waals surface area contributed by atoms with Crippen molar-refractivity contribution in [1.82, 2.24) is 10.2 Å². The number of nitrogens with one attached hydrogen (secondary N) is 1. The number of carbonyl (C=O) groups excluding carboxylic acids is 3. The van der Waals surface area contributed by atoms with E-state index in [9.17, 15) is 29.7 Å². The molecule has 0 aliphatic carbocycles. The van der Waals surface area contributed by atoms with Crippen LogP contribution < -0.4 is 5.32 Å². The molecule has 1 amide bonds. The van der Waals surface area contributed by atoms with Crippen molar-refractivity contribution in [3.05, 3.63) is 12.7 Å². The van der Waals surface area contributed by atoms with E-state index >= 15 is 0 Å². The molecule has 2 aliphatic rings. The number of aliphatic hydroxyl groups excluding tert-OH is 2. The molecule has 0 unspecified atom stereocenters. The van der Waals surface area contributed by atoms with Gasteiger partial charge in [0, 0.05) is 17.9 Å². The van der Waals surface area contributed by atoms with Crippen LogP contribution in [0.3, 0.4) is 0 Å². The summed E-state index contributed by atoms with van der Waals surface area (Å²) in [4.78, 5) is 42.7. The van der Waals surface area contributed by atoms with E-state index in [4.69, 9.17) is 18.9 Å². The number of ether oxygens (including phenoxy) is 4. The van der Waals surface area contributed by atoms with Crippen LogP contribution in [0.1, 0.15) is 74.7 Å².